The first-order chi connectivity index (χ1) is 8.98. The van der Waals surface area contributed by atoms with Gasteiger partial charge in [0.25, 0.3) is 0 Å². The summed E-state index contributed by atoms with van der Waals surface area (Å²) in [6.07, 6.45) is 0.512. The standard InChI is InChI=1S/C12H12FN3O2S/c1-2-7-16(8-6-14)19(17,18)12-5-3-4-11(13)10(12)9-15/h3-5H,2,7-8H2,1H3. The molecule has 0 aliphatic rings. The van der Waals surface area contributed by atoms with E-state index in [1.807, 2.05) is 0 Å². The number of nitriles is 2. The number of hydrogen-bond acceptors (Lipinski definition) is 4. The van der Waals surface area contributed by atoms with E-state index < -0.39 is 26.3 Å². The summed E-state index contributed by atoms with van der Waals surface area (Å²) in [6.45, 7) is 1.56. The minimum absolute atomic E-state index is 0.136. The van der Waals surface area contributed by atoms with Crippen LogP contribution in [0.5, 0.6) is 0 Å². The molecular weight excluding hydrogens is 269 g/mol. The average molecular weight is 281 g/mol. The molecule has 0 atom stereocenters. The van der Waals surface area contributed by atoms with Crippen molar-refractivity contribution in [2.75, 3.05) is 13.1 Å². The predicted octanol–water partition coefficient (Wildman–Crippen LogP) is 1.62. The van der Waals surface area contributed by atoms with Crippen LogP contribution >= 0.6 is 0 Å². The lowest BCUT2D eigenvalue weighted by atomic mass is 10.2. The summed E-state index contributed by atoms with van der Waals surface area (Å²) in [5.74, 6) is -0.892. The monoisotopic (exact) mass is 281 g/mol. The second-order valence-electron chi connectivity index (χ2n) is 3.72. The summed E-state index contributed by atoms with van der Waals surface area (Å²) in [4.78, 5) is -0.404. The highest BCUT2D eigenvalue weighted by molar-refractivity contribution is 7.89. The van der Waals surface area contributed by atoms with Crippen molar-refractivity contribution in [1.29, 1.82) is 10.5 Å². The maximum atomic E-state index is 13.4. The first-order valence-electron chi connectivity index (χ1n) is 5.54. The summed E-state index contributed by atoms with van der Waals surface area (Å²) in [5.41, 5.74) is -0.526. The first kappa shape index (κ1) is 15.1. The van der Waals surface area contributed by atoms with Gasteiger partial charge in [-0.15, -0.1) is 0 Å². The van der Waals surface area contributed by atoms with Crippen LogP contribution in [0, 0.1) is 28.5 Å². The molecule has 0 aliphatic carbocycles. The van der Waals surface area contributed by atoms with Gasteiger partial charge in [0.15, 0.2) is 0 Å². The molecule has 0 unspecified atom stereocenters. The highest BCUT2D eigenvalue weighted by atomic mass is 32.2. The Labute approximate surface area is 111 Å². The van der Waals surface area contributed by atoms with E-state index in [9.17, 15) is 12.8 Å². The molecule has 1 rings (SSSR count). The Bertz CT molecular complexity index is 644. The van der Waals surface area contributed by atoms with Crippen LogP contribution in [0.3, 0.4) is 0 Å². The molecule has 0 amide bonds. The maximum absolute atomic E-state index is 13.4. The van der Waals surface area contributed by atoms with Crippen molar-refractivity contribution in [2.45, 2.75) is 18.2 Å². The number of nitrogens with zero attached hydrogens (tertiary/aromatic N) is 3. The molecule has 0 heterocycles. The number of rotatable bonds is 5. The minimum Gasteiger partial charge on any atom is -0.207 e. The van der Waals surface area contributed by atoms with Gasteiger partial charge in [0.1, 0.15) is 28.9 Å². The smallest absolute Gasteiger partial charge is 0.207 e. The van der Waals surface area contributed by atoms with E-state index in [0.29, 0.717) is 6.42 Å². The summed E-state index contributed by atoms with van der Waals surface area (Å²) in [7, 11) is -4.04. The average Bonchev–Trinajstić information content (AvgIpc) is 2.38. The van der Waals surface area contributed by atoms with E-state index in [0.717, 1.165) is 16.4 Å². The Morgan fingerprint density at radius 2 is 2.05 bits per heavy atom. The topological polar surface area (TPSA) is 85.0 Å². The first-order valence-corrected chi connectivity index (χ1v) is 6.98. The molecule has 0 spiro atoms. The van der Waals surface area contributed by atoms with E-state index in [2.05, 4.69) is 0 Å². The van der Waals surface area contributed by atoms with E-state index in [-0.39, 0.29) is 13.1 Å². The van der Waals surface area contributed by atoms with Gasteiger partial charge in [0.2, 0.25) is 10.0 Å². The molecule has 0 fully saturated rings. The Balaban J connectivity index is 3.39. The quantitative estimate of drug-likeness (QED) is 0.767. The van der Waals surface area contributed by atoms with E-state index in [1.54, 1.807) is 19.1 Å². The molecule has 0 N–H and O–H groups in total. The summed E-state index contributed by atoms with van der Waals surface area (Å²) >= 11 is 0. The van der Waals surface area contributed by atoms with Gasteiger partial charge in [-0.1, -0.05) is 13.0 Å². The van der Waals surface area contributed by atoms with Crippen LogP contribution in [0.1, 0.15) is 18.9 Å². The van der Waals surface area contributed by atoms with E-state index >= 15 is 0 Å². The van der Waals surface area contributed by atoms with Gasteiger partial charge in [-0.3, -0.25) is 0 Å². The Kier molecular flexibility index (Phi) is 4.99. The van der Waals surface area contributed by atoms with Crippen LogP contribution in [0.15, 0.2) is 23.1 Å². The largest absolute Gasteiger partial charge is 0.245 e. The fourth-order valence-corrected chi connectivity index (χ4v) is 3.16. The van der Waals surface area contributed by atoms with Crippen LogP contribution in [0.4, 0.5) is 4.39 Å². The molecule has 5 nitrogen and oxygen atoms in total. The normalized spacial score (nSPS) is 11.0. The lowest BCUT2D eigenvalue weighted by molar-refractivity contribution is 0.443. The van der Waals surface area contributed by atoms with Gasteiger partial charge in [0, 0.05) is 6.54 Å². The highest BCUT2D eigenvalue weighted by Gasteiger charge is 2.27. The molecule has 0 saturated heterocycles. The lowest BCUT2D eigenvalue weighted by Crippen LogP contribution is -2.32. The van der Waals surface area contributed by atoms with Gasteiger partial charge in [-0.25, -0.2) is 12.8 Å². The summed E-state index contributed by atoms with van der Waals surface area (Å²) < 4.78 is 39.0. The highest BCUT2D eigenvalue weighted by Crippen LogP contribution is 2.22. The van der Waals surface area contributed by atoms with Crippen LogP contribution in [-0.2, 0) is 10.0 Å². The summed E-state index contributed by atoms with van der Waals surface area (Å²) in [5, 5.41) is 17.5. The van der Waals surface area contributed by atoms with Gasteiger partial charge in [-0.05, 0) is 18.6 Å². The van der Waals surface area contributed by atoms with Gasteiger partial charge in [-0.2, -0.15) is 14.8 Å². The van der Waals surface area contributed by atoms with Crippen LogP contribution in [-0.4, -0.2) is 25.8 Å². The van der Waals surface area contributed by atoms with Crippen LogP contribution < -0.4 is 0 Å². The maximum Gasteiger partial charge on any atom is 0.245 e. The Morgan fingerprint density at radius 3 is 2.58 bits per heavy atom. The molecular formula is C12H12FN3O2S. The Hall–Kier alpha value is -1.96. The zero-order valence-electron chi connectivity index (χ0n) is 10.3. The third kappa shape index (κ3) is 3.08. The molecule has 0 aliphatic heterocycles. The van der Waals surface area contributed by atoms with Crippen molar-refractivity contribution in [3.63, 3.8) is 0 Å². The second kappa shape index (κ2) is 6.28. The van der Waals surface area contributed by atoms with Crippen LogP contribution in [0.25, 0.3) is 0 Å². The van der Waals surface area contributed by atoms with Gasteiger partial charge in [0.05, 0.1) is 6.07 Å². The zero-order chi connectivity index (χ0) is 14.5. The second-order valence-corrected chi connectivity index (χ2v) is 5.63. The van der Waals surface area contributed by atoms with Gasteiger partial charge >= 0.3 is 0 Å². The van der Waals surface area contributed by atoms with E-state index in [1.165, 1.54) is 6.07 Å². The van der Waals surface area contributed by atoms with Crippen molar-refractivity contribution in [3.05, 3.63) is 29.6 Å². The number of hydrogen-bond donors (Lipinski definition) is 0. The molecule has 0 radical (unpaired) electrons. The predicted molar refractivity (Wildman–Crippen MR) is 65.8 cm³/mol. The van der Waals surface area contributed by atoms with Crippen molar-refractivity contribution in [1.82, 2.24) is 4.31 Å². The SMILES string of the molecule is CCCN(CC#N)S(=O)(=O)c1cccc(F)c1C#N. The van der Waals surface area contributed by atoms with Crippen molar-refractivity contribution < 1.29 is 12.8 Å². The Morgan fingerprint density at radius 1 is 1.37 bits per heavy atom. The molecule has 1 aromatic carbocycles. The molecule has 7 heteroatoms. The molecule has 0 saturated carbocycles. The van der Waals surface area contributed by atoms with Gasteiger partial charge < -0.3 is 0 Å². The van der Waals surface area contributed by atoms with Crippen molar-refractivity contribution in [2.24, 2.45) is 0 Å². The fraction of sp³-hybridized carbons (Fsp3) is 0.333. The molecule has 1 aromatic rings. The zero-order valence-corrected chi connectivity index (χ0v) is 11.1. The molecule has 0 aromatic heterocycles. The minimum atomic E-state index is -4.04. The van der Waals surface area contributed by atoms with Crippen LogP contribution in [0.2, 0.25) is 0 Å². The molecule has 19 heavy (non-hydrogen) atoms. The number of halogens is 1. The third-order valence-electron chi connectivity index (χ3n) is 2.43. The lowest BCUT2D eigenvalue weighted by Gasteiger charge is -2.19. The van der Waals surface area contributed by atoms with Crippen molar-refractivity contribution >= 4 is 10.0 Å². The number of sulfonamides is 1. The third-order valence-corrected chi connectivity index (χ3v) is 4.31. The van der Waals surface area contributed by atoms with E-state index in [4.69, 9.17) is 10.5 Å². The number of benzene rings is 1. The molecule has 0 bridgehead atoms. The fourth-order valence-electron chi connectivity index (χ4n) is 1.58. The summed E-state index contributed by atoms with van der Waals surface area (Å²) in [6, 6.07) is 6.70. The molecule has 100 valence electrons. The van der Waals surface area contributed by atoms with Crippen molar-refractivity contribution in [3.8, 4) is 12.1 Å².